The van der Waals surface area contributed by atoms with Crippen LogP contribution >= 0.6 is 11.6 Å². The molecule has 1 aromatic heterocycles. The van der Waals surface area contributed by atoms with Crippen molar-refractivity contribution in [1.82, 2.24) is 9.97 Å². The number of hydrogen-bond acceptors (Lipinski definition) is 4. The molecule has 0 aliphatic heterocycles. The van der Waals surface area contributed by atoms with Gasteiger partial charge < -0.3 is 5.32 Å². The van der Waals surface area contributed by atoms with E-state index in [1.54, 1.807) is 13.0 Å². The summed E-state index contributed by atoms with van der Waals surface area (Å²) < 4.78 is 0. The van der Waals surface area contributed by atoms with E-state index in [0.29, 0.717) is 23.1 Å². The Morgan fingerprint density at radius 2 is 2.11 bits per heavy atom. The number of hydrogen-bond donors (Lipinski definition) is 1. The van der Waals surface area contributed by atoms with E-state index in [1.807, 2.05) is 25.1 Å². The summed E-state index contributed by atoms with van der Waals surface area (Å²) in [5.41, 5.74) is 2.49. The van der Waals surface area contributed by atoms with E-state index in [0.717, 1.165) is 16.9 Å². The minimum absolute atomic E-state index is 0.459. The second-order valence-corrected chi connectivity index (χ2v) is 4.56. The molecule has 0 aliphatic rings. The maximum absolute atomic E-state index is 8.86. The molecule has 0 saturated heterocycles. The first kappa shape index (κ1) is 13.3. The van der Waals surface area contributed by atoms with Crippen LogP contribution in [0.25, 0.3) is 0 Å². The summed E-state index contributed by atoms with van der Waals surface area (Å²) in [6.45, 7) is 4.26. The first-order valence-corrected chi connectivity index (χ1v) is 6.21. The van der Waals surface area contributed by atoms with Crippen LogP contribution in [0.1, 0.15) is 22.5 Å². The van der Waals surface area contributed by atoms with Gasteiger partial charge in [-0.05, 0) is 31.5 Å². The zero-order valence-corrected chi connectivity index (χ0v) is 11.5. The van der Waals surface area contributed by atoms with Crippen LogP contribution in [0.3, 0.4) is 0 Å². The van der Waals surface area contributed by atoms with Gasteiger partial charge in [-0.3, -0.25) is 0 Å². The largest absolute Gasteiger partial charge is 0.366 e. The molecule has 0 saturated carbocycles. The van der Waals surface area contributed by atoms with Crippen molar-refractivity contribution in [2.24, 2.45) is 0 Å². The smallest absolute Gasteiger partial charge is 0.137 e. The fourth-order valence-corrected chi connectivity index (χ4v) is 1.91. The van der Waals surface area contributed by atoms with Crippen molar-refractivity contribution < 1.29 is 0 Å². The van der Waals surface area contributed by atoms with E-state index >= 15 is 0 Å². The van der Waals surface area contributed by atoms with Gasteiger partial charge in [-0.15, -0.1) is 0 Å². The van der Waals surface area contributed by atoms with Gasteiger partial charge in [0.05, 0.1) is 11.6 Å². The Bertz CT molecular complexity index is 646. The van der Waals surface area contributed by atoms with Crippen LogP contribution in [0.5, 0.6) is 0 Å². The van der Waals surface area contributed by atoms with Gasteiger partial charge in [0.15, 0.2) is 0 Å². The van der Waals surface area contributed by atoms with E-state index in [4.69, 9.17) is 16.9 Å². The molecule has 2 rings (SSSR count). The molecular formula is C14H13ClN4. The average molecular weight is 273 g/mol. The summed E-state index contributed by atoms with van der Waals surface area (Å²) in [6.07, 6.45) is 0. The second-order valence-electron chi connectivity index (χ2n) is 4.20. The zero-order chi connectivity index (χ0) is 13.8. The summed E-state index contributed by atoms with van der Waals surface area (Å²) in [5.74, 6) is 1.35. The third-order valence-corrected chi connectivity index (χ3v) is 3.08. The van der Waals surface area contributed by atoms with Crippen LogP contribution in [0.2, 0.25) is 5.15 Å². The predicted octanol–water partition coefficient (Wildman–Crippen LogP) is 3.23. The van der Waals surface area contributed by atoms with Crippen molar-refractivity contribution in [3.8, 4) is 6.07 Å². The normalized spacial score (nSPS) is 10.0. The molecule has 0 unspecified atom stereocenters. The van der Waals surface area contributed by atoms with Crippen molar-refractivity contribution in [2.45, 2.75) is 20.4 Å². The minimum atomic E-state index is 0.459. The van der Waals surface area contributed by atoms with E-state index in [9.17, 15) is 0 Å². The fourth-order valence-electron chi connectivity index (χ4n) is 1.70. The number of nitriles is 1. The lowest BCUT2D eigenvalue weighted by Gasteiger charge is -2.10. The molecule has 1 N–H and O–H groups in total. The molecule has 0 aliphatic carbocycles. The zero-order valence-electron chi connectivity index (χ0n) is 10.7. The van der Waals surface area contributed by atoms with Crippen molar-refractivity contribution in [3.05, 3.63) is 51.9 Å². The Hall–Kier alpha value is -2.12. The second kappa shape index (κ2) is 5.68. The molecule has 96 valence electrons. The van der Waals surface area contributed by atoms with Crippen molar-refractivity contribution in [2.75, 3.05) is 5.32 Å². The molecule has 0 radical (unpaired) electrons. The van der Waals surface area contributed by atoms with Crippen LogP contribution in [-0.4, -0.2) is 9.97 Å². The highest BCUT2D eigenvalue weighted by molar-refractivity contribution is 6.30. The third kappa shape index (κ3) is 3.21. The number of anilines is 1. The van der Waals surface area contributed by atoms with Crippen LogP contribution in [0.4, 0.5) is 5.82 Å². The van der Waals surface area contributed by atoms with Crippen LogP contribution in [0.15, 0.2) is 24.3 Å². The van der Waals surface area contributed by atoms with Crippen LogP contribution in [0, 0.1) is 25.2 Å². The molecule has 1 heterocycles. The Morgan fingerprint density at radius 3 is 2.84 bits per heavy atom. The molecule has 0 amide bonds. The van der Waals surface area contributed by atoms with Crippen molar-refractivity contribution in [3.63, 3.8) is 0 Å². The quantitative estimate of drug-likeness (QED) is 0.872. The topological polar surface area (TPSA) is 61.6 Å². The average Bonchev–Trinajstić information content (AvgIpc) is 2.41. The third-order valence-electron chi connectivity index (χ3n) is 2.71. The maximum atomic E-state index is 8.86. The number of nitrogens with one attached hydrogen (secondary N) is 1. The SMILES string of the molecule is Cc1nc(Cl)c(C)c(NCc2cccc(C#N)c2)n1. The molecule has 0 spiro atoms. The van der Waals surface area contributed by atoms with Crippen molar-refractivity contribution >= 4 is 17.4 Å². The summed E-state index contributed by atoms with van der Waals surface area (Å²) in [6, 6.07) is 9.56. The highest BCUT2D eigenvalue weighted by Gasteiger charge is 2.07. The molecule has 5 heteroatoms. The first-order chi connectivity index (χ1) is 9.10. The molecule has 1 aromatic carbocycles. The molecule has 2 aromatic rings. The lowest BCUT2D eigenvalue weighted by molar-refractivity contribution is 1.00. The van der Waals surface area contributed by atoms with Gasteiger partial charge in [0.25, 0.3) is 0 Å². The molecule has 0 bridgehead atoms. The summed E-state index contributed by atoms with van der Waals surface area (Å²) in [7, 11) is 0. The van der Waals surface area contributed by atoms with Gasteiger partial charge in [0.2, 0.25) is 0 Å². The van der Waals surface area contributed by atoms with Gasteiger partial charge in [-0.1, -0.05) is 23.7 Å². The molecular weight excluding hydrogens is 260 g/mol. The van der Waals surface area contributed by atoms with E-state index < -0.39 is 0 Å². The van der Waals surface area contributed by atoms with Gasteiger partial charge in [-0.25, -0.2) is 9.97 Å². The molecule has 0 fully saturated rings. The van der Waals surface area contributed by atoms with Gasteiger partial charge in [-0.2, -0.15) is 5.26 Å². The number of aryl methyl sites for hydroxylation is 1. The molecule has 0 atom stereocenters. The molecule has 4 nitrogen and oxygen atoms in total. The van der Waals surface area contributed by atoms with Gasteiger partial charge in [0.1, 0.15) is 16.8 Å². The highest BCUT2D eigenvalue weighted by Crippen LogP contribution is 2.20. The van der Waals surface area contributed by atoms with E-state index in [-0.39, 0.29) is 0 Å². The monoisotopic (exact) mass is 272 g/mol. The Labute approximate surface area is 117 Å². The first-order valence-electron chi connectivity index (χ1n) is 5.84. The number of nitrogens with zero attached hydrogens (tertiary/aromatic N) is 3. The summed E-state index contributed by atoms with van der Waals surface area (Å²) in [4.78, 5) is 8.41. The number of rotatable bonds is 3. The van der Waals surface area contributed by atoms with Crippen LogP contribution in [-0.2, 0) is 6.54 Å². The maximum Gasteiger partial charge on any atom is 0.137 e. The number of halogens is 1. The van der Waals surface area contributed by atoms with Crippen molar-refractivity contribution in [1.29, 1.82) is 5.26 Å². The fraction of sp³-hybridized carbons (Fsp3) is 0.214. The van der Waals surface area contributed by atoms with E-state index in [2.05, 4.69) is 21.4 Å². The lowest BCUT2D eigenvalue weighted by Crippen LogP contribution is -2.06. The number of benzene rings is 1. The minimum Gasteiger partial charge on any atom is -0.366 e. The number of aromatic nitrogens is 2. The standard InChI is InChI=1S/C14H13ClN4/c1-9-13(15)18-10(2)19-14(9)17-8-12-5-3-4-11(6-12)7-16/h3-6H,8H2,1-2H3,(H,17,18,19). The van der Waals surface area contributed by atoms with Crippen LogP contribution < -0.4 is 5.32 Å². The van der Waals surface area contributed by atoms with Gasteiger partial charge >= 0.3 is 0 Å². The summed E-state index contributed by atoms with van der Waals surface area (Å²) >= 11 is 6.01. The van der Waals surface area contributed by atoms with E-state index in [1.165, 1.54) is 0 Å². The predicted molar refractivity (Wildman–Crippen MR) is 75.0 cm³/mol. The molecule has 19 heavy (non-hydrogen) atoms. The summed E-state index contributed by atoms with van der Waals surface area (Å²) in [5, 5.41) is 12.5. The Balaban J connectivity index is 2.17. The van der Waals surface area contributed by atoms with Gasteiger partial charge in [0, 0.05) is 12.1 Å². The highest BCUT2D eigenvalue weighted by atomic mass is 35.5. The Kier molecular flexibility index (Phi) is 3.98. The lowest BCUT2D eigenvalue weighted by atomic mass is 10.1. The Morgan fingerprint density at radius 1 is 1.32 bits per heavy atom.